The van der Waals surface area contributed by atoms with E-state index in [0.29, 0.717) is 11.5 Å². The summed E-state index contributed by atoms with van der Waals surface area (Å²) in [5.41, 5.74) is 0.882. The second-order valence-electron chi connectivity index (χ2n) is 5.86. The Morgan fingerprint density at radius 1 is 1.12 bits per heavy atom. The van der Waals surface area contributed by atoms with E-state index in [0.717, 1.165) is 5.56 Å². The summed E-state index contributed by atoms with van der Waals surface area (Å²) >= 11 is 0. The third-order valence-electron chi connectivity index (χ3n) is 3.97. The predicted molar refractivity (Wildman–Crippen MR) is 95.4 cm³/mol. The number of sulfonamides is 1. The molecule has 0 radical (unpaired) electrons. The van der Waals surface area contributed by atoms with Gasteiger partial charge in [-0.05, 0) is 36.8 Å². The summed E-state index contributed by atoms with van der Waals surface area (Å²) in [5.74, 6) is 1.09. The lowest BCUT2D eigenvalue weighted by atomic mass is 10.1. The molecule has 1 aliphatic heterocycles. The van der Waals surface area contributed by atoms with E-state index in [4.69, 9.17) is 9.47 Å². The van der Waals surface area contributed by atoms with Crippen molar-refractivity contribution in [2.24, 2.45) is 0 Å². The summed E-state index contributed by atoms with van der Waals surface area (Å²) in [7, 11) is -3.60. The molecule has 2 aromatic carbocycles. The van der Waals surface area contributed by atoms with Crippen molar-refractivity contribution in [2.75, 3.05) is 13.3 Å². The Balaban J connectivity index is 1.50. The van der Waals surface area contributed by atoms with Crippen molar-refractivity contribution in [2.45, 2.75) is 24.3 Å². The Labute approximate surface area is 152 Å². The van der Waals surface area contributed by atoms with Crippen LogP contribution in [0, 0.1) is 0 Å². The van der Waals surface area contributed by atoms with Crippen molar-refractivity contribution in [3.8, 4) is 11.5 Å². The molecular weight excluding hydrogens is 356 g/mol. The van der Waals surface area contributed by atoms with Gasteiger partial charge >= 0.3 is 0 Å². The number of carbonyl (C=O) groups excluding carboxylic acids is 1. The van der Waals surface area contributed by atoms with E-state index in [1.807, 2.05) is 19.1 Å². The van der Waals surface area contributed by atoms with Crippen LogP contribution in [-0.4, -0.2) is 27.7 Å². The zero-order valence-electron chi connectivity index (χ0n) is 14.3. The van der Waals surface area contributed by atoms with Gasteiger partial charge in [-0.25, -0.2) is 13.1 Å². The summed E-state index contributed by atoms with van der Waals surface area (Å²) in [6.45, 7) is 2.07. The zero-order chi connectivity index (χ0) is 18.6. The SMILES string of the molecule is CC(NC(=O)CCNS(=O)(=O)c1ccccc1)c1ccc2c(c1)OCO2. The number of fused-ring (bicyclic) bond motifs is 1. The summed E-state index contributed by atoms with van der Waals surface area (Å²) in [5, 5.41) is 2.84. The summed E-state index contributed by atoms with van der Waals surface area (Å²) in [6, 6.07) is 13.3. The molecule has 0 aliphatic carbocycles. The van der Waals surface area contributed by atoms with Crippen molar-refractivity contribution in [3.63, 3.8) is 0 Å². The Kier molecular flexibility index (Phi) is 5.43. The minimum Gasteiger partial charge on any atom is -0.454 e. The monoisotopic (exact) mass is 376 g/mol. The molecule has 2 N–H and O–H groups in total. The Morgan fingerprint density at radius 2 is 1.85 bits per heavy atom. The highest BCUT2D eigenvalue weighted by Gasteiger charge is 2.17. The van der Waals surface area contributed by atoms with Gasteiger partial charge in [0.05, 0.1) is 10.9 Å². The van der Waals surface area contributed by atoms with Crippen LogP contribution in [0.25, 0.3) is 0 Å². The van der Waals surface area contributed by atoms with Crippen molar-refractivity contribution in [1.82, 2.24) is 10.0 Å². The minimum absolute atomic E-state index is 0.0247. The predicted octanol–water partition coefficient (Wildman–Crippen LogP) is 1.96. The van der Waals surface area contributed by atoms with Crippen LogP contribution in [0.3, 0.4) is 0 Å². The van der Waals surface area contributed by atoms with Crippen LogP contribution in [0.4, 0.5) is 0 Å². The van der Waals surface area contributed by atoms with Gasteiger partial charge in [0.1, 0.15) is 0 Å². The van der Waals surface area contributed by atoms with Crippen LogP contribution in [0.2, 0.25) is 0 Å². The molecule has 3 rings (SSSR count). The van der Waals surface area contributed by atoms with E-state index in [2.05, 4.69) is 10.0 Å². The van der Waals surface area contributed by atoms with Gasteiger partial charge in [0.25, 0.3) is 0 Å². The van der Waals surface area contributed by atoms with Crippen LogP contribution >= 0.6 is 0 Å². The molecule has 7 nitrogen and oxygen atoms in total. The lowest BCUT2D eigenvalue weighted by Gasteiger charge is -2.15. The van der Waals surface area contributed by atoms with Gasteiger partial charge in [0.2, 0.25) is 22.7 Å². The largest absolute Gasteiger partial charge is 0.454 e. The van der Waals surface area contributed by atoms with Gasteiger partial charge in [-0.15, -0.1) is 0 Å². The summed E-state index contributed by atoms with van der Waals surface area (Å²) in [6.07, 6.45) is 0.0426. The van der Waals surface area contributed by atoms with Crippen LogP contribution in [0.1, 0.15) is 24.9 Å². The van der Waals surface area contributed by atoms with Crippen LogP contribution < -0.4 is 19.5 Å². The molecule has 0 saturated heterocycles. The normalized spacial score (nSPS) is 14.0. The molecular formula is C18H20N2O5S. The second kappa shape index (κ2) is 7.76. The van der Waals surface area contributed by atoms with Gasteiger partial charge < -0.3 is 14.8 Å². The average Bonchev–Trinajstić information content (AvgIpc) is 3.10. The van der Waals surface area contributed by atoms with Crippen molar-refractivity contribution in [3.05, 3.63) is 54.1 Å². The van der Waals surface area contributed by atoms with Crippen molar-refractivity contribution >= 4 is 15.9 Å². The first-order valence-corrected chi connectivity index (χ1v) is 9.67. The number of benzene rings is 2. The summed E-state index contributed by atoms with van der Waals surface area (Å²) < 4.78 is 37.2. The molecule has 1 heterocycles. The fourth-order valence-electron chi connectivity index (χ4n) is 2.56. The van der Waals surface area contributed by atoms with Gasteiger partial charge in [0, 0.05) is 13.0 Å². The smallest absolute Gasteiger partial charge is 0.240 e. The standard InChI is InChI=1S/C18H20N2O5S/c1-13(14-7-8-16-17(11-14)25-12-24-16)20-18(21)9-10-19-26(22,23)15-5-3-2-4-6-15/h2-8,11,13,19H,9-10,12H2,1H3,(H,20,21). The number of nitrogens with one attached hydrogen (secondary N) is 2. The first-order chi connectivity index (χ1) is 12.5. The van der Waals surface area contributed by atoms with Crippen LogP contribution in [0.5, 0.6) is 11.5 Å². The highest BCUT2D eigenvalue weighted by Crippen LogP contribution is 2.34. The fourth-order valence-corrected chi connectivity index (χ4v) is 3.61. The molecule has 0 fully saturated rings. The highest BCUT2D eigenvalue weighted by atomic mass is 32.2. The van der Waals surface area contributed by atoms with Crippen LogP contribution in [0.15, 0.2) is 53.4 Å². The van der Waals surface area contributed by atoms with Crippen LogP contribution in [-0.2, 0) is 14.8 Å². The zero-order valence-corrected chi connectivity index (χ0v) is 15.1. The van der Waals surface area contributed by atoms with Crippen molar-refractivity contribution in [1.29, 1.82) is 0 Å². The van der Waals surface area contributed by atoms with Crippen molar-refractivity contribution < 1.29 is 22.7 Å². The number of hydrogen-bond donors (Lipinski definition) is 2. The maximum Gasteiger partial charge on any atom is 0.240 e. The Bertz CT molecular complexity index is 884. The fraction of sp³-hybridized carbons (Fsp3) is 0.278. The molecule has 1 unspecified atom stereocenters. The quantitative estimate of drug-likeness (QED) is 0.770. The lowest BCUT2D eigenvalue weighted by molar-refractivity contribution is -0.121. The van der Waals surface area contributed by atoms with E-state index < -0.39 is 10.0 Å². The second-order valence-corrected chi connectivity index (χ2v) is 7.63. The topological polar surface area (TPSA) is 93.7 Å². The van der Waals surface area contributed by atoms with Gasteiger partial charge in [-0.2, -0.15) is 0 Å². The first-order valence-electron chi connectivity index (χ1n) is 8.19. The van der Waals surface area contributed by atoms with E-state index in [1.165, 1.54) is 12.1 Å². The van der Waals surface area contributed by atoms with E-state index >= 15 is 0 Å². The third kappa shape index (κ3) is 4.33. The Morgan fingerprint density at radius 3 is 2.62 bits per heavy atom. The number of amides is 1. The number of carbonyl (C=O) groups is 1. The minimum atomic E-state index is -3.60. The number of rotatable bonds is 7. The molecule has 0 aromatic heterocycles. The van der Waals surface area contributed by atoms with E-state index in [9.17, 15) is 13.2 Å². The molecule has 2 aromatic rings. The molecule has 26 heavy (non-hydrogen) atoms. The molecule has 0 saturated carbocycles. The molecule has 0 bridgehead atoms. The van der Waals surface area contributed by atoms with Gasteiger partial charge in [-0.3, -0.25) is 4.79 Å². The first kappa shape index (κ1) is 18.2. The highest BCUT2D eigenvalue weighted by molar-refractivity contribution is 7.89. The van der Waals surface area contributed by atoms with E-state index in [-0.39, 0.29) is 36.6 Å². The van der Waals surface area contributed by atoms with E-state index in [1.54, 1.807) is 24.3 Å². The summed E-state index contributed by atoms with van der Waals surface area (Å²) in [4.78, 5) is 12.3. The lowest BCUT2D eigenvalue weighted by Crippen LogP contribution is -2.32. The average molecular weight is 376 g/mol. The number of hydrogen-bond acceptors (Lipinski definition) is 5. The third-order valence-corrected chi connectivity index (χ3v) is 5.45. The molecule has 138 valence electrons. The van der Waals surface area contributed by atoms with Gasteiger partial charge in [0.15, 0.2) is 11.5 Å². The molecule has 1 amide bonds. The maximum absolute atomic E-state index is 12.1. The molecule has 0 spiro atoms. The number of ether oxygens (including phenoxy) is 2. The Hall–Kier alpha value is -2.58. The maximum atomic E-state index is 12.1. The molecule has 8 heteroatoms. The van der Waals surface area contributed by atoms with Gasteiger partial charge in [-0.1, -0.05) is 24.3 Å². The molecule has 1 atom stereocenters. The molecule has 1 aliphatic rings.